The molecule has 1 aliphatic carbocycles. The van der Waals surface area contributed by atoms with Gasteiger partial charge in [-0.15, -0.1) is 0 Å². The van der Waals surface area contributed by atoms with E-state index in [0.717, 1.165) is 0 Å². The Balaban J connectivity index is 2.25. The van der Waals surface area contributed by atoms with Gasteiger partial charge in [0.25, 0.3) is 0 Å². The van der Waals surface area contributed by atoms with E-state index in [1.165, 1.54) is 6.07 Å². The van der Waals surface area contributed by atoms with E-state index in [4.69, 9.17) is 5.73 Å². The predicted molar refractivity (Wildman–Crippen MR) is 60.4 cm³/mol. The molecule has 0 aliphatic heterocycles. The van der Waals surface area contributed by atoms with Crippen molar-refractivity contribution >= 4 is 0 Å². The first kappa shape index (κ1) is 11.5. The second-order valence-corrected chi connectivity index (χ2v) is 4.77. The minimum Gasteiger partial charge on any atom is -0.328 e. The average molecular weight is 225 g/mol. The number of hydrogen-bond donors (Lipinski definition) is 1. The zero-order chi connectivity index (χ0) is 11.8. The van der Waals surface area contributed by atoms with E-state index in [2.05, 4.69) is 0 Å². The van der Waals surface area contributed by atoms with Gasteiger partial charge in [-0.25, -0.2) is 8.78 Å². The summed E-state index contributed by atoms with van der Waals surface area (Å²) in [6.07, 6.45) is 2.29. The second-order valence-electron chi connectivity index (χ2n) is 4.77. The van der Waals surface area contributed by atoms with Crippen LogP contribution in [0.25, 0.3) is 0 Å². The SMILES string of the molecule is Cc1cc(C2(F)CCC(N)CC2)ccc1F. The summed E-state index contributed by atoms with van der Waals surface area (Å²) < 4.78 is 27.7. The molecule has 0 heterocycles. The highest BCUT2D eigenvalue weighted by Crippen LogP contribution is 2.40. The fraction of sp³-hybridized carbons (Fsp3) is 0.538. The summed E-state index contributed by atoms with van der Waals surface area (Å²) >= 11 is 0. The highest BCUT2D eigenvalue weighted by molar-refractivity contribution is 5.29. The lowest BCUT2D eigenvalue weighted by atomic mass is 9.79. The van der Waals surface area contributed by atoms with Crippen molar-refractivity contribution in [1.82, 2.24) is 0 Å². The Morgan fingerprint density at radius 3 is 2.50 bits per heavy atom. The van der Waals surface area contributed by atoms with Crippen LogP contribution in [0.15, 0.2) is 18.2 Å². The molecule has 0 saturated heterocycles. The Morgan fingerprint density at radius 1 is 1.31 bits per heavy atom. The van der Waals surface area contributed by atoms with Gasteiger partial charge in [0.2, 0.25) is 0 Å². The van der Waals surface area contributed by atoms with Crippen molar-refractivity contribution in [3.05, 3.63) is 35.1 Å². The average Bonchev–Trinajstić information content (AvgIpc) is 2.26. The Labute approximate surface area is 94.7 Å². The number of nitrogens with two attached hydrogens (primary N) is 1. The van der Waals surface area contributed by atoms with Gasteiger partial charge < -0.3 is 5.73 Å². The zero-order valence-electron chi connectivity index (χ0n) is 9.47. The topological polar surface area (TPSA) is 26.0 Å². The van der Waals surface area contributed by atoms with E-state index in [9.17, 15) is 8.78 Å². The van der Waals surface area contributed by atoms with Gasteiger partial charge in [-0.05, 0) is 55.9 Å². The molecular formula is C13H17F2N. The molecule has 1 aliphatic rings. The van der Waals surface area contributed by atoms with Crippen molar-refractivity contribution in [2.75, 3.05) is 0 Å². The molecule has 0 unspecified atom stereocenters. The van der Waals surface area contributed by atoms with Gasteiger partial charge in [0.05, 0.1) is 0 Å². The van der Waals surface area contributed by atoms with E-state index in [1.807, 2.05) is 0 Å². The lowest BCUT2D eigenvalue weighted by Gasteiger charge is -2.33. The molecule has 0 bridgehead atoms. The normalized spacial score (nSPS) is 30.4. The third kappa shape index (κ3) is 2.09. The molecule has 16 heavy (non-hydrogen) atoms. The third-order valence-corrected chi connectivity index (χ3v) is 3.50. The molecule has 0 spiro atoms. The standard InChI is InChI=1S/C13H17F2N/c1-9-8-10(2-3-12(9)14)13(15)6-4-11(16)5-7-13/h2-3,8,11H,4-7,16H2,1H3. The molecule has 0 radical (unpaired) electrons. The molecule has 1 aromatic carbocycles. The lowest BCUT2D eigenvalue weighted by molar-refractivity contribution is 0.0977. The first-order valence-electron chi connectivity index (χ1n) is 5.72. The van der Waals surface area contributed by atoms with Crippen molar-refractivity contribution in [1.29, 1.82) is 0 Å². The number of alkyl halides is 1. The zero-order valence-corrected chi connectivity index (χ0v) is 9.47. The molecule has 0 amide bonds. The van der Waals surface area contributed by atoms with Crippen LogP contribution >= 0.6 is 0 Å². The summed E-state index contributed by atoms with van der Waals surface area (Å²) in [6.45, 7) is 1.66. The minimum absolute atomic E-state index is 0.116. The van der Waals surface area contributed by atoms with Gasteiger partial charge in [-0.2, -0.15) is 0 Å². The monoisotopic (exact) mass is 225 g/mol. The van der Waals surface area contributed by atoms with Crippen LogP contribution in [0.2, 0.25) is 0 Å². The van der Waals surface area contributed by atoms with E-state index in [-0.39, 0.29) is 11.9 Å². The Bertz CT molecular complexity index is 382. The molecular weight excluding hydrogens is 208 g/mol. The van der Waals surface area contributed by atoms with Crippen LogP contribution < -0.4 is 5.73 Å². The molecule has 3 heteroatoms. The summed E-state index contributed by atoms with van der Waals surface area (Å²) in [6, 6.07) is 4.64. The highest BCUT2D eigenvalue weighted by atomic mass is 19.1. The number of halogens is 2. The molecule has 1 saturated carbocycles. The molecule has 2 rings (SSSR count). The van der Waals surface area contributed by atoms with E-state index in [1.54, 1.807) is 19.1 Å². The molecule has 88 valence electrons. The first-order chi connectivity index (χ1) is 7.51. The number of aryl methyl sites for hydroxylation is 1. The first-order valence-corrected chi connectivity index (χ1v) is 5.72. The molecule has 1 fully saturated rings. The van der Waals surface area contributed by atoms with Crippen molar-refractivity contribution in [3.63, 3.8) is 0 Å². The summed E-state index contributed by atoms with van der Waals surface area (Å²) in [4.78, 5) is 0. The fourth-order valence-corrected chi connectivity index (χ4v) is 2.31. The van der Waals surface area contributed by atoms with Crippen LogP contribution in [0, 0.1) is 12.7 Å². The van der Waals surface area contributed by atoms with Crippen molar-refractivity contribution < 1.29 is 8.78 Å². The van der Waals surface area contributed by atoms with Crippen LogP contribution in [-0.2, 0) is 5.67 Å². The number of rotatable bonds is 1. The van der Waals surface area contributed by atoms with Crippen molar-refractivity contribution in [2.45, 2.75) is 44.3 Å². The molecule has 0 aromatic heterocycles. The van der Waals surface area contributed by atoms with Crippen molar-refractivity contribution in [2.24, 2.45) is 5.73 Å². The number of benzene rings is 1. The fourth-order valence-electron chi connectivity index (χ4n) is 2.31. The Kier molecular flexibility index (Phi) is 2.98. The Hall–Kier alpha value is -0.960. The van der Waals surface area contributed by atoms with Gasteiger partial charge in [0, 0.05) is 6.04 Å². The van der Waals surface area contributed by atoms with Gasteiger partial charge in [0.1, 0.15) is 11.5 Å². The van der Waals surface area contributed by atoms with Crippen LogP contribution in [0.5, 0.6) is 0 Å². The maximum atomic E-state index is 14.6. The highest BCUT2D eigenvalue weighted by Gasteiger charge is 2.36. The van der Waals surface area contributed by atoms with Crippen LogP contribution in [0.3, 0.4) is 0 Å². The maximum Gasteiger partial charge on any atom is 0.136 e. The van der Waals surface area contributed by atoms with Crippen LogP contribution in [0.4, 0.5) is 8.78 Å². The Morgan fingerprint density at radius 2 is 1.94 bits per heavy atom. The largest absolute Gasteiger partial charge is 0.328 e. The molecule has 0 atom stereocenters. The molecule has 2 N–H and O–H groups in total. The summed E-state index contributed by atoms with van der Waals surface area (Å²) in [7, 11) is 0. The lowest BCUT2D eigenvalue weighted by Crippen LogP contribution is -2.34. The van der Waals surface area contributed by atoms with Crippen LogP contribution in [-0.4, -0.2) is 6.04 Å². The quantitative estimate of drug-likeness (QED) is 0.780. The van der Waals surface area contributed by atoms with E-state index < -0.39 is 5.67 Å². The summed E-state index contributed by atoms with van der Waals surface area (Å²) in [5.74, 6) is -0.278. The maximum absolute atomic E-state index is 14.6. The van der Waals surface area contributed by atoms with E-state index in [0.29, 0.717) is 36.8 Å². The van der Waals surface area contributed by atoms with Gasteiger partial charge >= 0.3 is 0 Å². The summed E-state index contributed by atoms with van der Waals surface area (Å²) in [5, 5.41) is 0. The predicted octanol–water partition coefficient (Wildman–Crippen LogP) is 3.20. The number of hydrogen-bond acceptors (Lipinski definition) is 1. The summed E-state index contributed by atoms with van der Waals surface area (Å²) in [5.41, 5.74) is 5.55. The van der Waals surface area contributed by atoms with Crippen LogP contribution in [0.1, 0.15) is 36.8 Å². The molecule has 1 aromatic rings. The van der Waals surface area contributed by atoms with Crippen molar-refractivity contribution in [3.8, 4) is 0 Å². The van der Waals surface area contributed by atoms with Gasteiger partial charge in [-0.1, -0.05) is 6.07 Å². The van der Waals surface area contributed by atoms with Gasteiger partial charge in [0.15, 0.2) is 0 Å². The smallest absolute Gasteiger partial charge is 0.136 e. The van der Waals surface area contributed by atoms with Gasteiger partial charge in [-0.3, -0.25) is 0 Å². The third-order valence-electron chi connectivity index (χ3n) is 3.50. The molecule has 1 nitrogen and oxygen atoms in total. The minimum atomic E-state index is -1.31. The second kappa shape index (κ2) is 4.13. The van der Waals surface area contributed by atoms with E-state index >= 15 is 0 Å².